The molecule has 29 heavy (non-hydrogen) atoms. The predicted octanol–water partition coefficient (Wildman–Crippen LogP) is 3.99. The second-order valence-electron chi connectivity index (χ2n) is 6.28. The fourth-order valence-corrected chi connectivity index (χ4v) is 3.23. The van der Waals surface area contributed by atoms with Crippen molar-refractivity contribution in [2.45, 2.75) is 12.5 Å². The average molecular weight is 433 g/mol. The van der Waals surface area contributed by atoms with E-state index in [2.05, 4.69) is 11.9 Å². The lowest BCUT2D eigenvalue weighted by molar-refractivity contribution is -0.125. The maximum Gasteiger partial charge on any atom is 0.422 e. The molecule has 0 aliphatic carbocycles. The minimum absolute atomic E-state index is 0.271. The summed E-state index contributed by atoms with van der Waals surface area (Å²) in [5.41, 5.74) is -0.144. The lowest BCUT2D eigenvalue weighted by Crippen LogP contribution is -2.37. The molecule has 1 fully saturated rings. The number of cyclic esters (lactones) is 1. The Balaban J connectivity index is 0.000000186. The highest BCUT2D eigenvalue weighted by Crippen LogP contribution is 2.33. The molecule has 0 bridgehead atoms. The van der Waals surface area contributed by atoms with Crippen LogP contribution in [0.4, 0.5) is 10.5 Å². The van der Waals surface area contributed by atoms with Gasteiger partial charge in [0.15, 0.2) is 0 Å². The molecule has 2 aromatic rings. The molecule has 2 aliphatic heterocycles. The third-order valence-electron chi connectivity index (χ3n) is 4.25. The van der Waals surface area contributed by atoms with Crippen molar-refractivity contribution in [2.75, 3.05) is 4.90 Å². The standard InChI is InChI=1S/C12H9Cl2NO3.C8H5NO2/c1-3-12(2)10(16)15(11(17)18-12)9-5-7(13)4-8(14)6-9;10-7-5-3-1-2-4-6(5)8(11)9-7/h3-6H,1H2,2H3;1-4H,(H,9,10,11). The number of benzene rings is 2. The van der Waals surface area contributed by atoms with Crippen LogP contribution in [0.1, 0.15) is 27.6 Å². The summed E-state index contributed by atoms with van der Waals surface area (Å²) < 4.78 is 4.99. The van der Waals surface area contributed by atoms with Crippen molar-refractivity contribution in [3.63, 3.8) is 0 Å². The zero-order valence-electron chi connectivity index (χ0n) is 15.1. The fraction of sp³-hybridized carbons (Fsp3) is 0.100. The van der Waals surface area contributed by atoms with Crippen LogP contribution in [0, 0.1) is 0 Å². The van der Waals surface area contributed by atoms with E-state index in [1.54, 1.807) is 24.3 Å². The fourth-order valence-electron chi connectivity index (χ4n) is 2.71. The number of nitrogens with zero attached hydrogens (tertiary/aromatic N) is 1. The van der Waals surface area contributed by atoms with E-state index < -0.39 is 17.6 Å². The number of hydrogen-bond acceptors (Lipinski definition) is 5. The largest absolute Gasteiger partial charge is 0.428 e. The molecule has 0 spiro atoms. The van der Waals surface area contributed by atoms with Gasteiger partial charge in [0, 0.05) is 10.0 Å². The summed E-state index contributed by atoms with van der Waals surface area (Å²) >= 11 is 11.7. The van der Waals surface area contributed by atoms with Gasteiger partial charge >= 0.3 is 6.09 Å². The smallest absolute Gasteiger partial charge is 0.422 e. The van der Waals surface area contributed by atoms with Gasteiger partial charge in [-0.3, -0.25) is 19.7 Å². The first kappa shape index (κ1) is 20.6. The lowest BCUT2D eigenvalue weighted by Gasteiger charge is -2.15. The Morgan fingerprint density at radius 1 is 1.00 bits per heavy atom. The molecule has 7 nitrogen and oxygen atoms in total. The average Bonchev–Trinajstić information content (AvgIpc) is 3.08. The van der Waals surface area contributed by atoms with Crippen molar-refractivity contribution in [3.05, 3.63) is 76.3 Å². The molecule has 1 N–H and O–H groups in total. The quantitative estimate of drug-likeness (QED) is 0.571. The van der Waals surface area contributed by atoms with E-state index in [9.17, 15) is 19.2 Å². The summed E-state index contributed by atoms with van der Waals surface area (Å²) in [6.07, 6.45) is 0.500. The molecular formula is C20H14Cl2N2O5. The predicted molar refractivity (Wildman–Crippen MR) is 107 cm³/mol. The zero-order valence-corrected chi connectivity index (χ0v) is 16.6. The third kappa shape index (κ3) is 3.87. The highest BCUT2D eigenvalue weighted by molar-refractivity contribution is 6.35. The van der Waals surface area contributed by atoms with Gasteiger partial charge in [-0.1, -0.05) is 41.9 Å². The Labute approximate surface area is 175 Å². The summed E-state index contributed by atoms with van der Waals surface area (Å²) in [7, 11) is 0. The minimum atomic E-state index is -1.36. The van der Waals surface area contributed by atoms with Gasteiger partial charge in [-0.2, -0.15) is 0 Å². The molecule has 2 aromatic carbocycles. The van der Waals surface area contributed by atoms with Gasteiger partial charge in [0.1, 0.15) is 0 Å². The van der Waals surface area contributed by atoms with Crippen LogP contribution in [0.2, 0.25) is 10.0 Å². The van der Waals surface area contributed by atoms with E-state index in [0.29, 0.717) is 21.2 Å². The van der Waals surface area contributed by atoms with Crippen LogP contribution >= 0.6 is 23.2 Å². The normalized spacial score (nSPS) is 19.9. The van der Waals surface area contributed by atoms with Crippen LogP contribution in [0.3, 0.4) is 0 Å². The van der Waals surface area contributed by atoms with E-state index in [1.165, 1.54) is 31.2 Å². The summed E-state index contributed by atoms with van der Waals surface area (Å²) in [4.78, 5) is 46.6. The number of imide groups is 2. The lowest BCUT2D eigenvalue weighted by atomic mass is 10.1. The molecule has 4 amide bonds. The Morgan fingerprint density at radius 3 is 1.97 bits per heavy atom. The maximum absolute atomic E-state index is 12.1. The monoisotopic (exact) mass is 432 g/mol. The van der Waals surface area contributed by atoms with Gasteiger partial charge in [-0.15, -0.1) is 0 Å². The number of halogens is 2. The van der Waals surface area contributed by atoms with Gasteiger partial charge in [0.25, 0.3) is 17.7 Å². The van der Waals surface area contributed by atoms with Gasteiger partial charge in [-0.05, 0) is 43.3 Å². The van der Waals surface area contributed by atoms with Gasteiger partial charge in [-0.25, -0.2) is 9.69 Å². The molecule has 0 aromatic heterocycles. The Bertz CT molecular complexity index is 1020. The van der Waals surface area contributed by atoms with E-state index in [1.807, 2.05) is 0 Å². The SMILES string of the molecule is C=CC1(C)OC(=O)N(c2cc(Cl)cc(Cl)c2)C1=O.O=C1NC(=O)c2ccccc21. The number of anilines is 1. The molecule has 148 valence electrons. The molecule has 9 heteroatoms. The zero-order chi connectivity index (χ0) is 21.3. The summed E-state index contributed by atoms with van der Waals surface area (Å²) in [6.45, 7) is 4.95. The van der Waals surface area contributed by atoms with Crippen molar-refractivity contribution < 1.29 is 23.9 Å². The molecule has 1 atom stereocenters. The molecule has 2 heterocycles. The van der Waals surface area contributed by atoms with Crippen molar-refractivity contribution in [2.24, 2.45) is 0 Å². The first-order valence-corrected chi connectivity index (χ1v) is 9.04. The van der Waals surface area contributed by atoms with Crippen LogP contribution in [-0.4, -0.2) is 29.4 Å². The number of amides is 4. The number of nitrogens with one attached hydrogen (secondary N) is 1. The van der Waals surface area contributed by atoms with Crippen molar-refractivity contribution in [1.82, 2.24) is 5.32 Å². The first-order chi connectivity index (χ1) is 13.7. The number of hydrogen-bond donors (Lipinski definition) is 1. The molecule has 4 rings (SSSR count). The highest BCUT2D eigenvalue weighted by atomic mass is 35.5. The van der Waals surface area contributed by atoms with E-state index >= 15 is 0 Å². The van der Waals surface area contributed by atoms with Gasteiger partial charge < -0.3 is 4.74 Å². The maximum atomic E-state index is 12.1. The molecule has 0 radical (unpaired) electrons. The number of rotatable bonds is 2. The first-order valence-electron chi connectivity index (χ1n) is 8.28. The summed E-state index contributed by atoms with van der Waals surface area (Å²) in [5, 5.41) is 2.85. The molecule has 1 saturated heterocycles. The van der Waals surface area contributed by atoms with Crippen molar-refractivity contribution in [3.8, 4) is 0 Å². The topological polar surface area (TPSA) is 92.8 Å². The van der Waals surface area contributed by atoms with Gasteiger partial charge in [0.05, 0.1) is 16.8 Å². The molecule has 0 saturated carbocycles. The van der Waals surface area contributed by atoms with E-state index in [0.717, 1.165) is 4.90 Å². The highest BCUT2D eigenvalue weighted by Gasteiger charge is 2.49. The summed E-state index contributed by atoms with van der Waals surface area (Å²) in [6, 6.07) is 11.2. The molecular weight excluding hydrogens is 419 g/mol. The van der Waals surface area contributed by atoms with Crippen LogP contribution in [0.15, 0.2) is 55.1 Å². The number of fused-ring (bicyclic) bond motifs is 1. The molecule has 1 unspecified atom stereocenters. The Kier molecular flexibility index (Phi) is 5.46. The van der Waals surface area contributed by atoms with Gasteiger partial charge in [0.2, 0.25) is 5.60 Å². The number of carbonyl (C=O) groups is 4. The third-order valence-corrected chi connectivity index (χ3v) is 4.68. The molecule has 2 aliphatic rings. The van der Waals surface area contributed by atoms with Crippen LogP contribution < -0.4 is 10.2 Å². The van der Waals surface area contributed by atoms with Crippen LogP contribution in [0.5, 0.6) is 0 Å². The number of ether oxygens (including phenoxy) is 1. The van der Waals surface area contributed by atoms with Crippen LogP contribution in [-0.2, 0) is 9.53 Å². The number of carbonyl (C=O) groups excluding carboxylic acids is 4. The van der Waals surface area contributed by atoms with Crippen LogP contribution in [0.25, 0.3) is 0 Å². The Hall–Kier alpha value is -3.16. The minimum Gasteiger partial charge on any atom is -0.428 e. The van der Waals surface area contributed by atoms with E-state index in [-0.39, 0.29) is 17.5 Å². The second-order valence-corrected chi connectivity index (χ2v) is 7.15. The van der Waals surface area contributed by atoms with E-state index in [4.69, 9.17) is 27.9 Å². The Morgan fingerprint density at radius 2 is 1.52 bits per heavy atom. The second kappa shape index (κ2) is 7.69. The van der Waals surface area contributed by atoms with Crippen molar-refractivity contribution >= 4 is 52.7 Å². The summed E-state index contributed by atoms with van der Waals surface area (Å²) in [5.74, 6) is -1.13. The van der Waals surface area contributed by atoms with Crippen molar-refractivity contribution in [1.29, 1.82) is 0 Å².